The molecule has 6 nitrogen and oxygen atoms in total. The molecule has 88 valence electrons. The van der Waals surface area contributed by atoms with E-state index in [9.17, 15) is 4.79 Å². The van der Waals surface area contributed by atoms with Crippen LogP contribution in [0.5, 0.6) is 0 Å². The van der Waals surface area contributed by atoms with Gasteiger partial charge in [-0.1, -0.05) is 5.21 Å². The molecular weight excluding hydrogens is 206 g/mol. The Morgan fingerprint density at radius 3 is 2.81 bits per heavy atom. The molecule has 2 rings (SSSR count). The summed E-state index contributed by atoms with van der Waals surface area (Å²) in [5.41, 5.74) is 5.83. The van der Waals surface area contributed by atoms with Crippen molar-refractivity contribution in [3.63, 3.8) is 0 Å². The van der Waals surface area contributed by atoms with Gasteiger partial charge in [-0.2, -0.15) is 0 Å². The molecule has 16 heavy (non-hydrogen) atoms. The molecule has 1 saturated heterocycles. The fraction of sp³-hybridized carbons (Fsp3) is 0.700. The van der Waals surface area contributed by atoms with E-state index in [1.807, 2.05) is 4.90 Å². The van der Waals surface area contributed by atoms with E-state index < -0.39 is 0 Å². The molecule has 0 saturated carbocycles. The number of amides is 1. The van der Waals surface area contributed by atoms with Crippen molar-refractivity contribution in [1.82, 2.24) is 19.9 Å². The molecule has 6 heteroatoms. The summed E-state index contributed by atoms with van der Waals surface area (Å²) >= 11 is 0. The molecule has 0 atom stereocenters. The number of hydrogen-bond acceptors (Lipinski definition) is 4. The lowest BCUT2D eigenvalue weighted by Crippen LogP contribution is -2.35. The minimum Gasteiger partial charge on any atom is -0.337 e. The fourth-order valence-corrected chi connectivity index (χ4v) is 1.90. The van der Waals surface area contributed by atoms with Gasteiger partial charge in [-0.3, -0.25) is 9.48 Å². The SMILES string of the molecule is NCCn1cc(C(=O)N2CCCCC2)nn1. The summed E-state index contributed by atoms with van der Waals surface area (Å²) in [5.74, 6) is -0.0111. The van der Waals surface area contributed by atoms with Crippen LogP contribution in [0.4, 0.5) is 0 Å². The maximum absolute atomic E-state index is 12.0. The summed E-state index contributed by atoms with van der Waals surface area (Å²) < 4.78 is 1.61. The van der Waals surface area contributed by atoms with Crippen LogP contribution in [0.15, 0.2) is 6.20 Å². The van der Waals surface area contributed by atoms with E-state index in [-0.39, 0.29) is 5.91 Å². The molecule has 1 aliphatic rings. The predicted octanol–water partition coefficient (Wildman–Crippen LogP) is -0.137. The van der Waals surface area contributed by atoms with E-state index in [1.54, 1.807) is 10.9 Å². The predicted molar refractivity (Wildman–Crippen MR) is 58.8 cm³/mol. The maximum atomic E-state index is 12.0. The van der Waals surface area contributed by atoms with Crippen LogP contribution in [0.3, 0.4) is 0 Å². The number of likely N-dealkylation sites (tertiary alicyclic amines) is 1. The molecular formula is C10H17N5O. The van der Waals surface area contributed by atoms with Crippen LogP contribution in [0.2, 0.25) is 0 Å². The van der Waals surface area contributed by atoms with Crippen LogP contribution in [0.1, 0.15) is 29.8 Å². The van der Waals surface area contributed by atoms with E-state index >= 15 is 0 Å². The first-order valence-corrected chi connectivity index (χ1v) is 5.71. The summed E-state index contributed by atoms with van der Waals surface area (Å²) in [5, 5.41) is 7.74. The van der Waals surface area contributed by atoms with E-state index in [4.69, 9.17) is 5.73 Å². The molecule has 1 amide bonds. The topological polar surface area (TPSA) is 77.0 Å². The van der Waals surface area contributed by atoms with Crippen molar-refractivity contribution in [2.75, 3.05) is 19.6 Å². The van der Waals surface area contributed by atoms with E-state index in [0.717, 1.165) is 25.9 Å². The Labute approximate surface area is 94.4 Å². The molecule has 0 spiro atoms. The highest BCUT2D eigenvalue weighted by atomic mass is 16.2. The van der Waals surface area contributed by atoms with Crippen LogP contribution in [0.25, 0.3) is 0 Å². The lowest BCUT2D eigenvalue weighted by molar-refractivity contribution is 0.0718. The van der Waals surface area contributed by atoms with Crippen LogP contribution in [-0.4, -0.2) is 45.4 Å². The Balaban J connectivity index is 2.01. The van der Waals surface area contributed by atoms with Gasteiger partial charge in [0.25, 0.3) is 5.91 Å². The Morgan fingerprint density at radius 2 is 2.12 bits per heavy atom. The number of carbonyl (C=O) groups excluding carboxylic acids is 1. The second-order valence-electron chi connectivity index (χ2n) is 4.01. The van der Waals surface area contributed by atoms with Crippen LogP contribution in [0, 0.1) is 0 Å². The van der Waals surface area contributed by atoms with Crippen LogP contribution >= 0.6 is 0 Å². The number of nitrogens with zero attached hydrogens (tertiary/aromatic N) is 4. The van der Waals surface area contributed by atoms with Crippen LogP contribution < -0.4 is 5.73 Å². The quantitative estimate of drug-likeness (QED) is 0.774. The molecule has 1 aliphatic heterocycles. The normalized spacial score (nSPS) is 16.4. The summed E-state index contributed by atoms with van der Waals surface area (Å²) in [6.45, 7) is 2.77. The maximum Gasteiger partial charge on any atom is 0.276 e. The minimum atomic E-state index is -0.0111. The fourth-order valence-electron chi connectivity index (χ4n) is 1.90. The smallest absolute Gasteiger partial charge is 0.276 e. The molecule has 0 radical (unpaired) electrons. The number of aromatic nitrogens is 3. The van der Waals surface area contributed by atoms with E-state index in [1.165, 1.54) is 6.42 Å². The Bertz CT molecular complexity index is 356. The summed E-state index contributed by atoms with van der Waals surface area (Å²) in [6, 6.07) is 0. The molecule has 0 aliphatic carbocycles. The van der Waals surface area contributed by atoms with Gasteiger partial charge in [-0.05, 0) is 19.3 Å². The molecule has 0 aromatic carbocycles. The van der Waals surface area contributed by atoms with Gasteiger partial charge < -0.3 is 10.6 Å². The molecule has 2 N–H and O–H groups in total. The zero-order valence-corrected chi connectivity index (χ0v) is 9.30. The first-order chi connectivity index (χ1) is 7.81. The first-order valence-electron chi connectivity index (χ1n) is 5.71. The lowest BCUT2D eigenvalue weighted by atomic mass is 10.1. The molecule has 1 fully saturated rings. The number of rotatable bonds is 3. The molecule has 1 aromatic rings. The third-order valence-electron chi connectivity index (χ3n) is 2.76. The van der Waals surface area contributed by atoms with Gasteiger partial charge in [0.1, 0.15) is 0 Å². The third-order valence-corrected chi connectivity index (χ3v) is 2.76. The summed E-state index contributed by atoms with van der Waals surface area (Å²) in [6.07, 6.45) is 5.05. The third kappa shape index (κ3) is 2.38. The Hall–Kier alpha value is -1.43. The largest absolute Gasteiger partial charge is 0.337 e. The first kappa shape index (κ1) is 11.1. The van der Waals surface area contributed by atoms with Gasteiger partial charge in [0, 0.05) is 19.6 Å². The van der Waals surface area contributed by atoms with Gasteiger partial charge in [-0.15, -0.1) is 5.10 Å². The highest BCUT2D eigenvalue weighted by Crippen LogP contribution is 2.11. The number of hydrogen-bond donors (Lipinski definition) is 1. The van der Waals surface area contributed by atoms with Crippen molar-refractivity contribution in [2.45, 2.75) is 25.8 Å². The van der Waals surface area contributed by atoms with Crippen molar-refractivity contribution < 1.29 is 4.79 Å². The zero-order valence-electron chi connectivity index (χ0n) is 9.30. The van der Waals surface area contributed by atoms with Crippen molar-refractivity contribution in [3.05, 3.63) is 11.9 Å². The van der Waals surface area contributed by atoms with E-state index in [2.05, 4.69) is 10.3 Å². The van der Waals surface area contributed by atoms with Gasteiger partial charge in [-0.25, -0.2) is 0 Å². The molecule has 0 unspecified atom stereocenters. The summed E-state index contributed by atoms with van der Waals surface area (Å²) in [7, 11) is 0. The lowest BCUT2D eigenvalue weighted by Gasteiger charge is -2.25. The van der Waals surface area contributed by atoms with Gasteiger partial charge in [0.2, 0.25) is 0 Å². The van der Waals surface area contributed by atoms with Gasteiger partial charge in [0.05, 0.1) is 12.7 Å². The second kappa shape index (κ2) is 5.07. The molecule has 2 heterocycles. The van der Waals surface area contributed by atoms with Crippen molar-refractivity contribution in [1.29, 1.82) is 0 Å². The second-order valence-corrected chi connectivity index (χ2v) is 4.01. The van der Waals surface area contributed by atoms with Gasteiger partial charge >= 0.3 is 0 Å². The number of piperidine rings is 1. The van der Waals surface area contributed by atoms with E-state index in [0.29, 0.717) is 18.8 Å². The standard InChI is InChI=1S/C10H17N5O/c11-4-7-15-8-9(12-13-15)10(16)14-5-2-1-3-6-14/h8H,1-7,11H2. The van der Waals surface area contributed by atoms with Crippen molar-refractivity contribution in [3.8, 4) is 0 Å². The monoisotopic (exact) mass is 223 g/mol. The average Bonchev–Trinajstić information content (AvgIpc) is 2.78. The Kier molecular flexibility index (Phi) is 3.51. The minimum absolute atomic E-state index is 0.0111. The summed E-state index contributed by atoms with van der Waals surface area (Å²) in [4.78, 5) is 13.8. The highest BCUT2D eigenvalue weighted by molar-refractivity contribution is 5.91. The number of nitrogens with two attached hydrogens (primary N) is 1. The highest BCUT2D eigenvalue weighted by Gasteiger charge is 2.20. The van der Waals surface area contributed by atoms with Crippen LogP contribution in [-0.2, 0) is 6.54 Å². The molecule has 0 bridgehead atoms. The Morgan fingerprint density at radius 1 is 1.38 bits per heavy atom. The van der Waals surface area contributed by atoms with Gasteiger partial charge in [0.15, 0.2) is 5.69 Å². The van der Waals surface area contributed by atoms with Crippen molar-refractivity contribution in [2.24, 2.45) is 5.73 Å². The molecule has 1 aromatic heterocycles. The number of carbonyl (C=O) groups is 1. The average molecular weight is 223 g/mol. The van der Waals surface area contributed by atoms with Crippen molar-refractivity contribution >= 4 is 5.91 Å². The zero-order chi connectivity index (χ0) is 11.4.